The van der Waals surface area contributed by atoms with Crippen LogP contribution in [0, 0.1) is 5.41 Å². The van der Waals surface area contributed by atoms with E-state index in [9.17, 15) is 9.59 Å². The predicted molar refractivity (Wildman–Crippen MR) is 138 cm³/mol. The van der Waals surface area contributed by atoms with Crippen LogP contribution in [0.4, 0.5) is 5.69 Å². The molecule has 0 saturated carbocycles. The van der Waals surface area contributed by atoms with Crippen molar-refractivity contribution in [2.24, 2.45) is 11.1 Å². The van der Waals surface area contributed by atoms with Gasteiger partial charge in [-0.25, -0.2) is 0 Å². The molecular formula is C28H32N4O3. The zero-order valence-electron chi connectivity index (χ0n) is 20.5. The Labute approximate surface area is 206 Å². The number of hydrogen-bond acceptors (Lipinski definition) is 5. The van der Waals surface area contributed by atoms with E-state index in [-0.39, 0.29) is 17.0 Å². The van der Waals surface area contributed by atoms with Crippen molar-refractivity contribution in [1.82, 2.24) is 10.3 Å². The van der Waals surface area contributed by atoms with E-state index in [2.05, 4.69) is 36.0 Å². The largest absolute Gasteiger partial charge is 0.378 e. The Hall–Kier alpha value is -3.71. The lowest BCUT2D eigenvalue weighted by atomic mass is 9.89. The van der Waals surface area contributed by atoms with E-state index in [0.717, 1.165) is 29.9 Å². The Bertz CT molecular complexity index is 1210. The van der Waals surface area contributed by atoms with E-state index < -0.39 is 5.91 Å². The van der Waals surface area contributed by atoms with E-state index in [0.29, 0.717) is 36.4 Å². The van der Waals surface area contributed by atoms with E-state index in [1.165, 1.54) is 0 Å². The smallest absolute Gasteiger partial charge is 0.270 e. The lowest BCUT2D eigenvalue weighted by Gasteiger charge is -2.29. The fourth-order valence-corrected chi connectivity index (χ4v) is 4.17. The van der Waals surface area contributed by atoms with E-state index in [4.69, 9.17) is 10.5 Å². The Kier molecular flexibility index (Phi) is 7.17. The molecule has 3 aromatic rings. The number of nitrogens with two attached hydrogens (primary N) is 1. The second-order valence-corrected chi connectivity index (χ2v) is 9.89. The van der Waals surface area contributed by atoms with Crippen molar-refractivity contribution in [1.29, 1.82) is 0 Å². The third kappa shape index (κ3) is 5.69. The third-order valence-electron chi connectivity index (χ3n) is 5.94. The molecule has 0 radical (unpaired) electrons. The number of carbonyl (C=O) groups is 2. The molecule has 35 heavy (non-hydrogen) atoms. The summed E-state index contributed by atoms with van der Waals surface area (Å²) in [6.07, 6.45) is 1.63. The van der Waals surface area contributed by atoms with Crippen LogP contribution in [0.25, 0.3) is 22.3 Å². The van der Waals surface area contributed by atoms with Crippen LogP contribution in [0.2, 0.25) is 0 Å². The summed E-state index contributed by atoms with van der Waals surface area (Å²) in [6, 6.07) is 17.3. The number of ether oxygens (including phenoxy) is 1. The summed E-state index contributed by atoms with van der Waals surface area (Å²) >= 11 is 0. The number of amides is 2. The average Bonchev–Trinajstić information content (AvgIpc) is 2.87. The van der Waals surface area contributed by atoms with Gasteiger partial charge in [0.05, 0.1) is 13.2 Å². The summed E-state index contributed by atoms with van der Waals surface area (Å²) in [7, 11) is 0. The molecule has 0 bridgehead atoms. The molecule has 1 fully saturated rings. The summed E-state index contributed by atoms with van der Waals surface area (Å²) < 4.78 is 5.46. The molecule has 1 saturated heterocycles. The topological polar surface area (TPSA) is 97.6 Å². The van der Waals surface area contributed by atoms with Gasteiger partial charge in [0, 0.05) is 42.6 Å². The fraction of sp³-hybridized carbons (Fsp3) is 0.321. The van der Waals surface area contributed by atoms with Crippen molar-refractivity contribution >= 4 is 17.5 Å². The highest BCUT2D eigenvalue weighted by Crippen LogP contribution is 2.37. The highest BCUT2D eigenvalue weighted by Gasteiger charge is 2.25. The van der Waals surface area contributed by atoms with Gasteiger partial charge in [0.1, 0.15) is 5.69 Å². The molecule has 0 spiro atoms. The summed E-state index contributed by atoms with van der Waals surface area (Å²) in [5, 5.41) is 3.00. The lowest BCUT2D eigenvalue weighted by Crippen LogP contribution is -2.36. The maximum Gasteiger partial charge on any atom is 0.270 e. The van der Waals surface area contributed by atoms with Crippen LogP contribution in [0.15, 0.2) is 60.8 Å². The molecule has 7 nitrogen and oxygen atoms in total. The van der Waals surface area contributed by atoms with Crippen molar-refractivity contribution in [3.05, 3.63) is 72.1 Å². The Balaban J connectivity index is 1.88. The number of nitrogens with one attached hydrogen (secondary N) is 1. The molecule has 1 aromatic heterocycles. The first kappa shape index (κ1) is 24.4. The van der Waals surface area contributed by atoms with Gasteiger partial charge in [-0.1, -0.05) is 57.2 Å². The zero-order valence-corrected chi connectivity index (χ0v) is 20.5. The Morgan fingerprint density at radius 3 is 2.40 bits per heavy atom. The number of benzene rings is 2. The molecule has 3 N–H and O–H groups in total. The number of carbonyl (C=O) groups excluding carboxylic acids is 2. The van der Waals surface area contributed by atoms with Gasteiger partial charge in [-0.3, -0.25) is 14.6 Å². The van der Waals surface area contributed by atoms with Crippen LogP contribution >= 0.6 is 0 Å². The molecule has 1 aliphatic heterocycles. The molecule has 1 aliphatic rings. The monoisotopic (exact) mass is 472 g/mol. The second kappa shape index (κ2) is 10.3. The lowest BCUT2D eigenvalue weighted by molar-refractivity contribution is 0.0933. The normalized spacial score (nSPS) is 14.0. The first-order valence-electron chi connectivity index (χ1n) is 11.8. The third-order valence-corrected chi connectivity index (χ3v) is 5.94. The number of hydrogen-bond donors (Lipinski definition) is 2. The fourth-order valence-electron chi connectivity index (χ4n) is 4.17. The van der Waals surface area contributed by atoms with E-state index >= 15 is 0 Å². The average molecular weight is 473 g/mol. The minimum atomic E-state index is -0.556. The van der Waals surface area contributed by atoms with Gasteiger partial charge in [0.2, 0.25) is 5.91 Å². The van der Waals surface area contributed by atoms with Crippen LogP contribution in [0.5, 0.6) is 0 Å². The number of primary amides is 1. The first-order valence-corrected chi connectivity index (χ1v) is 11.8. The minimum absolute atomic E-state index is 0.0922. The zero-order chi connectivity index (χ0) is 25.0. The van der Waals surface area contributed by atoms with Crippen LogP contribution < -0.4 is 16.0 Å². The second-order valence-electron chi connectivity index (χ2n) is 9.89. The molecule has 2 aromatic carbocycles. The number of morpholine rings is 1. The van der Waals surface area contributed by atoms with Crippen LogP contribution in [0.3, 0.4) is 0 Å². The van der Waals surface area contributed by atoms with E-state index in [1.54, 1.807) is 6.20 Å². The maximum atomic E-state index is 13.4. The standard InChI is InChI=1S/C28H32N4O3/c1-28(2,3)18-31-27(34)25-24(21(11-12-30-25)19-7-5-4-6-8-19)22-10-9-20(17-23(22)26(29)33)32-13-15-35-16-14-32/h4-12,17H,13-16,18H2,1-3H3,(H2,29,33)(H,31,34). The van der Waals surface area contributed by atoms with Crippen molar-refractivity contribution in [3.63, 3.8) is 0 Å². The van der Waals surface area contributed by atoms with Crippen molar-refractivity contribution in [2.45, 2.75) is 20.8 Å². The number of nitrogens with zero attached hydrogens (tertiary/aromatic N) is 2. The number of rotatable bonds is 6. The van der Waals surface area contributed by atoms with Crippen LogP contribution in [-0.4, -0.2) is 49.6 Å². The highest BCUT2D eigenvalue weighted by molar-refractivity contribution is 6.08. The molecule has 0 unspecified atom stereocenters. The van der Waals surface area contributed by atoms with E-state index in [1.807, 2.05) is 54.6 Å². The summed E-state index contributed by atoms with van der Waals surface area (Å²) in [6.45, 7) is 9.38. The SMILES string of the molecule is CC(C)(C)CNC(=O)c1nccc(-c2ccccc2)c1-c1ccc(N2CCOCC2)cc1C(N)=O. The van der Waals surface area contributed by atoms with Gasteiger partial charge in [-0.05, 0) is 40.3 Å². The van der Waals surface area contributed by atoms with Gasteiger partial charge in [-0.2, -0.15) is 0 Å². The summed E-state index contributed by atoms with van der Waals surface area (Å²) in [4.78, 5) is 32.7. The molecule has 182 valence electrons. The molecule has 2 heterocycles. The van der Waals surface area contributed by atoms with Crippen LogP contribution in [-0.2, 0) is 4.74 Å². The van der Waals surface area contributed by atoms with Crippen molar-refractivity contribution < 1.29 is 14.3 Å². The van der Waals surface area contributed by atoms with Crippen molar-refractivity contribution in [2.75, 3.05) is 37.7 Å². The molecule has 0 aliphatic carbocycles. The number of pyridine rings is 1. The molecule has 2 amide bonds. The molecular weight excluding hydrogens is 440 g/mol. The van der Waals surface area contributed by atoms with Gasteiger partial charge in [0.15, 0.2) is 0 Å². The highest BCUT2D eigenvalue weighted by atomic mass is 16.5. The van der Waals surface area contributed by atoms with Crippen LogP contribution in [0.1, 0.15) is 41.6 Å². The Morgan fingerprint density at radius 1 is 1.03 bits per heavy atom. The number of aromatic nitrogens is 1. The number of anilines is 1. The summed E-state index contributed by atoms with van der Waals surface area (Å²) in [5.41, 5.74) is 10.2. The van der Waals surface area contributed by atoms with Gasteiger partial charge in [0.25, 0.3) is 5.91 Å². The minimum Gasteiger partial charge on any atom is -0.378 e. The first-order chi connectivity index (χ1) is 16.7. The maximum absolute atomic E-state index is 13.4. The Morgan fingerprint density at radius 2 is 1.74 bits per heavy atom. The predicted octanol–water partition coefficient (Wildman–Crippen LogP) is 4.13. The van der Waals surface area contributed by atoms with Gasteiger partial charge in [-0.15, -0.1) is 0 Å². The summed E-state index contributed by atoms with van der Waals surface area (Å²) in [5.74, 6) is -0.848. The van der Waals surface area contributed by atoms with Gasteiger partial charge >= 0.3 is 0 Å². The molecule has 4 rings (SSSR count). The quantitative estimate of drug-likeness (QED) is 0.562. The van der Waals surface area contributed by atoms with Crippen molar-refractivity contribution in [3.8, 4) is 22.3 Å². The molecule has 0 atom stereocenters. The van der Waals surface area contributed by atoms with Gasteiger partial charge < -0.3 is 20.7 Å². The molecule has 7 heteroatoms.